The molecule has 1 aliphatic heterocycles. The van der Waals surface area contributed by atoms with E-state index in [1.165, 1.54) is 57.8 Å². The van der Waals surface area contributed by atoms with E-state index in [1.807, 2.05) is 0 Å². The standard InChI is InChI=1S/C16H31NO2/c1-3-17-14(13-18-2)7-8-15-9-12-16(19-15)10-5-4-6-11-16/h14-15,17H,3-13H2,1-2H3. The van der Waals surface area contributed by atoms with E-state index in [1.54, 1.807) is 7.11 Å². The number of nitrogens with one attached hydrogen (secondary N) is 1. The second-order valence-electron chi connectivity index (χ2n) is 6.31. The summed E-state index contributed by atoms with van der Waals surface area (Å²) in [5.74, 6) is 0. The van der Waals surface area contributed by atoms with Crippen molar-refractivity contribution in [3.05, 3.63) is 0 Å². The first-order valence-electron chi connectivity index (χ1n) is 8.18. The maximum atomic E-state index is 6.43. The third kappa shape index (κ3) is 4.44. The number of hydrogen-bond acceptors (Lipinski definition) is 3. The Morgan fingerprint density at radius 3 is 2.74 bits per heavy atom. The molecule has 112 valence electrons. The molecule has 2 unspecified atom stereocenters. The quantitative estimate of drug-likeness (QED) is 0.769. The molecule has 1 heterocycles. The smallest absolute Gasteiger partial charge is 0.0687 e. The van der Waals surface area contributed by atoms with Crippen LogP contribution in [0.5, 0.6) is 0 Å². The fraction of sp³-hybridized carbons (Fsp3) is 1.00. The van der Waals surface area contributed by atoms with Gasteiger partial charge in [-0.1, -0.05) is 26.2 Å². The molecule has 0 radical (unpaired) electrons. The minimum Gasteiger partial charge on any atom is -0.383 e. The SMILES string of the molecule is CCNC(CCC1CCC2(CCCCC2)O1)COC. The highest BCUT2D eigenvalue weighted by molar-refractivity contribution is 4.91. The van der Waals surface area contributed by atoms with Crippen molar-refractivity contribution in [3.63, 3.8) is 0 Å². The molecular formula is C16H31NO2. The van der Waals surface area contributed by atoms with Crippen molar-refractivity contribution in [3.8, 4) is 0 Å². The van der Waals surface area contributed by atoms with Crippen molar-refractivity contribution in [1.82, 2.24) is 5.32 Å². The largest absolute Gasteiger partial charge is 0.383 e. The second-order valence-corrected chi connectivity index (χ2v) is 6.31. The van der Waals surface area contributed by atoms with Gasteiger partial charge in [0.25, 0.3) is 0 Å². The van der Waals surface area contributed by atoms with Crippen LogP contribution in [0.4, 0.5) is 0 Å². The van der Waals surface area contributed by atoms with Crippen molar-refractivity contribution in [2.75, 3.05) is 20.3 Å². The highest BCUT2D eigenvalue weighted by atomic mass is 16.5. The normalized spacial score (nSPS) is 27.8. The third-order valence-electron chi connectivity index (χ3n) is 4.80. The van der Waals surface area contributed by atoms with Crippen LogP contribution in [0.3, 0.4) is 0 Å². The summed E-state index contributed by atoms with van der Waals surface area (Å²) < 4.78 is 11.7. The monoisotopic (exact) mass is 269 g/mol. The molecule has 2 atom stereocenters. The van der Waals surface area contributed by atoms with E-state index in [9.17, 15) is 0 Å². The number of likely N-dealkylation sites (N-methyl/N-ethyl adjacent to an activating group) is 1. The van der Waals surface area contributed by atoms with Crippen molar-refractivity contribution in [2.45, 2.75) is 82.5 Å². The lowest BCUT2D eigenvalue weighted by atomic mass is 9.83. The van der Waals surface area contributed by atoms with Gasteiger partial charge in [-0.2, -0.15) is 0 Å². The molecule has 2 aliphatic rings. The van der Waals surface area contributed by atoms with Gasteiger partial charge in [0.05, 0.1) is 18.3 Å². The van der Waals surface area contributed by atoms with Gasteiger partial charge in [-0.25, -0.2) is 0 Å². The second kappa shape index (κ2) is 7.61. The molecule has 1 N–H and O–H groups in total. The average Bonchev–Trinajstić information content (AvgIpc) is 2.80. The predicted octanol–water partition coefficient (Wildman–Crippen LogP) is 3.27. The van der Waals surface area contributed by atoms with Gasteiger partial charge in [-0.15, -0.1) is 0 Å². The van der Waals surface area contributed by atoms with Gasteiger partial charge in [0.2, 0.25) is 0 Å². The summed E-state index contributed by atoms with van der Waals surface area (Å²) in [7, 11) is 1.79. The fourth-order valence-electron chi connectivity index (χ4n) is 3.78. The van der Waals surface area contributed by atoms with Gasteiger partial charge in [0.1, 0.15) is 0 Å². The van der Waals surface area contributed by atoms with Gasteiger partial charge in [0.15, 0.2) is 0 Å². The molecule has 0 bridgehead atoms. The Labute approximate surface area is 118 Å². The van der Waals surface area contributed by atoms with Crippen LogP contribution in [0.1, 0.15) is 64.7 Å². The zero-order valence-corrected chi connectivity index (χ0v) is 12.7. The van der Waals surface area contributed by atoms with Crippen molar-refractivity contribution in [1.29, 1.82) is 0 Å². The molecule has 1 saturated heterocycles. The van der Waals surface area contributed by atoms with Crippen LogP contribution in [0.15, 0.2) is 0 Å². The number of methoxy groups -OCH3 is 1. The van der Waals surface area contributed by atoms with Gasteiger partial charge in [-0.3, -0.25) is 0 Å². The molecule has 19 heavy (non-hydrogen) atoms. The number of ether oxygens (including phenoxy) is 2. The van der Waals surface area contributed by atoms with E-state index in [-0.39, 0.29) is 5.60 Å². The van der Waals surface area contributed by atoms with Crippen LogP contribution in [0, 0.1) is 0 Å². The van der Waals surface area contributed by atoms with Gasteiger partial charge >= 0.3 is 0 Å². The first-order valence-corrected chi connectivity index (χ1v) is 8.18. The van der Waals surface area contributed by atoms with E-state index >= 15 is 0 Å². The summed E-state index contributed by atoms with van der Waals surface area (Å²) in [5, 5.41) is 3.50. The van der Waals surface area contributed by atoms with Crippen molar-refractivity contribution in [2.24, 2.45) is 0 Å². The minimum atomic E-state index is 0.276. The Morgan fingerprint density at radius 1 is 1.26 bits per heavy atom. The van der Waals surface area contributed by atoms with E-state index < -0.39 is 0 Å². The van der Waals surface area contributed by atoms with Crippen LogP contribution in [-0.2, 0) is 9.47 Å². The van der Waals surface area contributed by atoms with Crippen LogP contribution < -0.4 is 5.32 Å². The van der Waals surface area contributed by atoms with Crippen LogP contribution in [0.25, 0.3) is 0 Å². The van der Waals surface area contributed by atoms with E-state index in [0.29, 0.717) is 12.1 Å². The van der Waals surface area contributed by atoms with E-state index in [2.05, 4.69) is 12.2 Å². The maximum absolute atomic E-state index is 6.43. The third-order valence-corrected chi connectivity index (χ3v) is 4.80. The van der Waals surface area contributed by atoms with Crippen molar-refractivity contribution < 1.29 is 9.47 Å². The summed E-state index contributed by atoms with van der Waals surface area (Å²) >= 11 is 0. The summed E-state index contributed by atoms with van der Waals surface area (Å²) in [5.41, 5.74) is 0.276. The molecule has 1 saturated carbocycles. The van der Waals surface area contributed by atoms with Gasteiger partial charge < -0.3 is 14.8 Å². The number of hydrogen-bond donors (Lipinski definition) is 1. The Hall–Kier alpha value is -0.120. The molecule has 3 heteroatoms. The summed E-state index contributed by atoms with van der Waals surface area (Å²) in [6.45, 7) is 3.99. The van der Waals surface area contributed by atoms with Gasteiger partial charge in [0, 0.05) is 13.2 Å². The van der Waals surface area contributed by atoms with Crippen LogP contribution in [-0.4, -0.2) is 38.0 Å². The molecular weight excluding hydrogens is 238 g/mol. The van der Waals surface area contributed by atoms with Crippen LogP contribution >= 0.6 is 0 Å². The summed E-state index contributed by atoms with van der Waals surface area (Å²) in [6.07, 6.45) is 12.2. The minimum absolute atomic E-state index is 0.276. The first-order chi connectivity index (χ1) is 9.28. The Balaban J connectivity index is 1.71. The van der Waals surface area contributed by atoms with E-state index in [4.69, 9.17) is 9.47 Å². The Morgan fingerprint density at radius 2 is 2.05 bits per heavy atom. The predicted molar refractivity (Wildman–Crippen MR) is 78.5 cm³/mol. The molecule has 3 nitrogen and oxygen atoms in total. The Bertz CT molecular complexity index is 245. The lowest BCUT2D eigenvalue weighted by molar-refractivity contribution is -0.0669. The molecule has 0 aromatic rings. The zero-order valence-electron chi connectivity index (χ0n) is 12.7. The summed E-state index contributed by atoms with van der Waals surface area (Å²) in [6, 6.07) is 0.488. The molecule has 0 aromatic carbocycles. The average molecular weight is 269 g/mol. The molecule has 2 rings (SSSR count). The highest BCUT2D eigenvalue weighted by Gasteiger charge is 2.40. The Kier molecular flexibility index (Phi) is 6.11. The zero-order chi connectivity index (χ0) is 13.6. The molecule has 0 aromatic heterocycles. The topological polar surface area (TPSA) is 30.5 Å². The lowest BCUT2D eigenvalue weighted by Crippen LogP contribution is -2.35. The molecule has 0 amide bonds. The molecule has 1 spiro atoms. The number of rotatable bonds is 7. The van der Waals surface area contributed by atoms with Gasteiger partial charge in [-0.05, 0) is 45.1 Å². The fourth-order valence-corrected chi connectivity index (χ4v) is 3.78. The molecule has 2 fully saturated rings. The van der Waals surface area contributed by atoms with E-state index in [0.717, 1.165) is 13.2 Å². The highest BCUT2D eigenvalue weighted by Crippen LogP contribution is 2.42. The van der Waals surface area contributed by atoms with Crippen LogP contribution in [0.2, 0.25) is 0 Å². The maximum Gasteiger partial charge on any atom is 0.0687 e. The summed E-state index contributed by atoms with van der Waals surface area (Å²) in [4.78, 5) is 0. The first kappa shape index (κ1) is 15.3. The molecule has 1 aliphatic carbocycles. The van der Waals surface area contributed by atoms with Crippen molar-refractivity contribution >= 4 is 0 Å². The lowest BCUT2D eigenvalue weighted by Gasteiger charge is -2.33.